The van der Waals surface area contributed by atoms with Gasteiger partial charge in [0.2, 0.25) is 5.78 Å². The number of nitrogens with one attached hydrogen (secondary N) is 1. The molecule has 0 bridgehead atoms. The first-order valence-corrected chi connectivity index (χ1v) is 8.83. The number of halogens is 1. The maximum absolute atomic E-state index is 12.7. The van der Waals surface area contributed by atoms with Gasteiger partial charge in [0.15, 0.2) is 5.82 Å². The minimum atomic E-state index is -0.0518. The summed E-state index contributed by atoms with van der Waals surface area (Å²) in [5.41, 5.74) is 2.69. The maximum atomic E-state index is 12.7. The molecule has 0 unspecified atom stereocenters. The molecule has 0 aliphatic heterocycles. The van der Waals surface area contributed by atoms with Crippen molar-refractivity contribution in [2.45, 2.75) is 26.9 Å². The zero-order chi connectivity index (χ0) is 18.3. The first kappa shape index (κ1) is 16.6. The van der Waals surface area contributed by atoms with Gasteiger partial charge in [0.05, 0.1) is 28.2 Å². The van der Waals surface area contributed by atoms with Crippen molar-refractivity contribution in [2.24, 2.45) is 0 Å². The van der Waals surface area contributed by atoms with E-state index in [4.69, 9.17) is 11.6 Å². The average molecular weight is 368 g/mol. The monoisotopic (exact) mass is 367 g/mol. The Bertz CT molecular complexity index is 1180. The van der Waals surface area contributed by atoms with E-state index in [1.54, 1.807) is 4.57 Å². The van der Waals surface area contributed by atoms with Crippen LogP contribution in [0, 0.1) is 6.92 Å². The summed E-state index contributed by atoms with van der Waals surface area (Å²) in [7, 11) is 0. The van der Waals surface area contributed by atoms with Gasteiger partial charge in [-0.25, -0.2) is 0 Å². The molecule has 0 aliphatic rings. The van der Waals surface area contributed by atoms with Crippen LogP contribution in [0.15, 0.2) is 47.3 Å². The second-order valence-electron chi connectivity index (χ2n) is 6.16. The van der Waals surface area contributed by atoms with Crippen molar-refractivity contribution >= 4 is 34.0 Å². The van der Waals surface area contributed by atoms with Gasteiger partial charge in [-0.3, -0.25) is 13.8 Å². The predicted molar refractivity (Wildman–Crippen MR) is 104 cm³/mol. The van der Waals surface area contributed by atoms with E-state index in [-0.39, 0.29) is 5.56 Å². The SMILES string of the molecule is CCn1c(=O)c2ccccc2n2c(CNc3ccc(C)cc3Cl)nnc12. The standard InChI is InChI=1S/C19H18ClN5O/c1-3-24-18(26)13-6-4-5-7-16(13)25-17(22-23-19(24)25)11-21-15-9-8-12(2)10-14(15)20/h4-10,21H,3,11H2,1-2H3. The first-order chi connectivity index (χ1) is 12.6. The Hall–Kier alpha value is -2.86. The molecular formula is C19H18ClN5O. The highest BCUT2D eigenvalue weighted by molar-refractivity contribution is 6.33. The summed E-state index contributed by atoms with van der Waals surface area (Å²) in [5.74, 6) is 1.26. The molecule has 2 aromatic heterocycles. The summed E-state index contributed by atoms with van der Waals surface area (Å²) in [5, 5.41) is 13.2. The number of fused-ring (bicyclic) bond motifs is 3. The zero-order valence-electron chi connectivity index (χ0n) is 14.5. The van der Waals surface area contributed by atoms with Gasteiger partial charge in [-0.1, -0.05) is 29.8 Å². The van der Waals surface area contributed by atoms with E-state index in [2.05, 4.69) is 15.5 Å². The highest BCUT2D eigenvalue weighted by Gasteiger charge is 2.15. The van der Waals surface area contributed by atoms with Crippen LogP contribution in [0.25, 0.3) is 16.7 Å². The number of nitrogens with zero attached hydrogens (tertiary/aromatic N) is 4. The minimum Gasteiger partial charge on any atom is -0.377 e. The summed E-state index contributed by atoms with van der Waals surface area (Å²) < 4.78 is 3.56. The highest BCUT2D eigenvalue weighted by Crippen LogP contribution is 2.23. The van der Waals surface area contributed by atoms with Crippen LogP contribution in [0.2, 0.25) is 5.02 Å². The molecule has 1 N–H and O–H groups in total. The lowest BCUT2D eigenvalue weighted by Crippen LogP contribution is -2.22. The van der Waals surface area contributed by atoms with Crippen LogP contribution < -0.4 is 10.9 Å². The summed E-state index contributed by atoms with van der Waals surface area (Å²) >= 11 is 6.30. The predicted octanol–water partition coefficient (Wildman–Crippen LogP) is 3.64. The Balaban J connectivity index is 1.84. The molecule has 2 heterocycles. The van der Waals surface area contributed by atoms with Crippen molar-refractivity contribution in [2.75, 3.05) is 5.32 Å². The van der Waals surface area contributed by atoms with Crippen molar-refractivity contribution in [3.63, 3.8) is 0 Å². The summed E-state index contributed by atoms with van der Waals surface area (Å²) in [4.78, 5) is 12.7. The van der Waals surface area contributed by atoms with E-state index >= 15 is 0 Å². The van der Waals surface area contributed by atoms with E-state index in [1.165, 1.54) is 0 Å². The fourth-order valence-electron chi connectivity index (χ4n) is 3.15. The lowest BCUT2D eigenvalue weighted by molar-refractivity contribution is 0.734. The van der Waals surface area contributed by atoms with Crippen molar-refractivity contribution in [3.05, 3.63) is 69.2 Å². The van der Waals surface area contributed by atoms with E-state index in [0.29, 0.717) is 29.3 Å². The van der Waals surface area contributed by atoms with E-state index in [9.17, 15) is 4.79 Å². The van der Waals surface area contributed by atoms with Gasteiger partial charge in [-0.2, -0.15) is 0 Å². The molecule has 0 saturated carbocycles. The van der Waals surface area contributed by atoms with Crippen molar-refractivity contribution in [1.29, 1.82) is 0 Å². The largest absolute Gasteiger partial charge is 0.377 e. The van der Waals surface area contributed by atoms with Crippen LogP contribution in [0.5, 0.6) is 0 Å². The quantitative estimate of drug-likeness (QED) is 0.598. The van der Waals surface area contributed by atoms with Crippen LogP contribution in [0.1, 0.15) is 18.3 Å². The van der Waals surface area contributed by atoms with E-state index < -0.39 is 0 Å². The Morgan fingerprint density at radius 3 is 2.73 bits per heavy atom. The molecule has 0 fully saturated rings. The summed E-state index contributed by atoms with van der Waals surface area (Å²) in [6.07, 6.45) is 0. The number of hydrogen-bond donors (Lipinski definition) is 1. The van der Waals surface area contributed by atoms with Gasteiger partial charge in [-0.15, -0.1) is 10.2 Å². The van der Waals surface area contributed by atoms with Gasteiger partial charge in [-0.05, 0) is 43.7 Å². The smallest absolute Gasteiger partial charge is 0.262 e. The van der Waals surface area contributed by atoms with Crippen LogP contribution in [0.4, 0.5) is 5.69 Å². The maximum Gasteiger partial charge on any atom is 0.262 e. The normalized spacial score (nSPS) is 11.3. The first-order valence-electron chi connectivity index (χ1n) is 8.45. The van der Waals surface area contributed by atoms with Crippen LogP contribution in [-0.2, 0) is 13.1 Å². The molecular weight excluding hydrogens is 350 g/mol. The Morgan fingerprint density at radius 2 is 1.96 bits per heavy atom. The third-order valence-electron chi connectivity index (χ3n) is 4.45. The lowest BCUT2D eigenvalue weighted by atomic mass is 10.2. The molecule has 0 atom stereocenters. The third-order valence-corrected chi connectivity index (χ3v) is 4.77. The van der Waals surface area contributed by atoms with Crippen molar-refractivity contribution < 1.29 is 0 Å². The van der Waals surface area contributed by atoms with Gasteiger partial charge < -0.3 is 5.32 Å². The molecule has 26 heavy (non-hydrogen) atoms. The molecule has 0 aliphatic carbocycles. The number of rotatable bonds is 4. The number of aromatic nitrogens is 4. The van der Waals surface area contributed by atoms with E-state index in [1.807, 2.05) is 60.7 Å². The molecule has 4 aromatic rings. The van der Waals surface area contributed by atoms with Gasteiger partial charge in [0, 0.05) is 6.54 Å². The van der Waals surface area contributed by atoms with Crippen LogP contribution in [0.3, 0.4) is 0 Å². The Kier molecular flexibility index (Phi) is 4.12. The van der Waals surface area contributed by atoms with Gasteiger partial charge >= 0.3 is 0 Å². The molecule has 4 rings (SSSR count). The van der Waals surface area contributed by atoms with Gasteiger partial charge in [0.1, 0.15) is 0 Å². The molecule has 132 valence electrons. The highest BCUT2D eigenvalue weighted by atomic mass is 35.5. The minimum absolute atomic E-state index is 0.0518. The average Bonchev–Trinajstić information content (AvgIpc) is 3.05. The van der Waals surface area contributed by atoms with Crippen molar-refractivity contribution in [3.8, 4) is 0 Å². The Morgan fingerprint density at radius 1 is 1.15 bits per heavy atom. The number of para-hydroxylation sites is 1. The number of benzene rings is 2. The number of anilines is 1. The molecule has 7 heteroatoms. The fourth-order valence-corrected chi connectivity index (χ4v) is 3.45. The number of hydrogen-bond acceptors (Lipinski definition) is 4. The second-order valence-corrected chi connectivity index (χ2v) is 6.56. The summed E-state index contributed by atoms with van der Waals surface area (Å²) in [6.45, 7) is 4.89. The Labute approximate surface area is 155 Å². The van der Waals surface area contributed by atoms with Gasteiger partial charge in [0.25, 0.3) is 5.56 Å². The molecule has 0 amide bonds. The second kappa shape index (κ2) is 6.46. The third kappa shape index (κ3) is 2.63. The zero-order valence-corrected chi connectivity index (χ0v) is 15.3. The lowest BCUT2D eigenvalue weighted by Gasteiger charge is -2.11. The van der Waals surface area contributed by atoms with Crippen molar-refractivity contribution in [1.82, 2.24) is 19.2 Å². The molecule has 6 nitrogen and oxygen atoms in total. The molecule has 0 radical (unpaired) electrons. The number of aryl methyl sites for hydroxylation is 2. The van der Waals surface area contributed by atoms with E-state index in [0.717, 1.165) is 22.6 Å². The molecule has 2 aromatic carbocycles. The molecule has 0 spiro atoms. The summed E-state index contributed by atoms with van der Waals surface area (Å²) in [6, 6.07) is 13.4. The van der Waals surface area contributed by atoms with Crippen LogP contribution in [-0.4, -0.2) is 19.2 Å². The topological polar surface area (TPSA) is 64.2 Å². The van der Waals surface area contributed by atoms with Crippen LogP contribution >= 0.6 is 11.6 Å². The molecule has 0 saturated heterocycles. The fraction of sp³-hybridized carbons (Fsp3) is 0.211.